The Balaban J connectivity index is 1.42. The zero-order valence-electron chi connectivity index (χ0n) is 31.0. The highest BCUT2D eigenvalue weighted by molar-refractivity contribution is 5.69. The van der Waals surface area contributed by atoms with Crippen molar-refractivity contribution in [3.05, 3.63) is 108 Å². The fraction of sp³-hybridized carbons (Fsp3) is 0.475. The number of nitrogens with zero attached hydrogens (tertiary/aromatic N) is 3. The molecular formula is C40H53N4O9+. The number of rotatable bonds is 10. The minimum Gasteiger partial charge on any atom is -0.445 e. The average Bonchev–Trinajstić information content (AvgIpc) is 3.54. The van der Waals surface area contributed by atoms with Gasteiger partial charge in [-0.3, -0.25) is 0 Å². The monoisotopic (exact) mass is 733 g/mol. The van der Waals surface area contributed by atoms with Crippen LogP contribution in [0.3, 0.4) is 0 Å². The number of nitrogens with one attached hydrogen (secondary N) is 1. The predicted molar refractivity (Wildman–Crippen MR) is 196 cm³/mol. The SMILES string of the molecule is COCC(C1COC(C)(C)O1)[N+]1(C(=O)OCc2ccccc2)CCNCCN(C(=O)OCc2ccccc2)CCN(C(=O)OCc2ccccc2)CC1. The van der Waals surface area contributed by atoms with Gasteiger partial charge in [-0.1, -0.05) is 91.0 Å². The highest BCUT2D eigenvalue weighted by Crippen LogP contribution is 2.31. The van der Waals surface area contributed by atoms with Gasteiger partial charge in [0.25, 0.3) is 0 Å². The molecule has 53 heavy (non-hydrogen) atoms. The highest BCUT2D eigenvalue weighted by atomic mass is 16.7. The van der Waals surface area contributed by atoms with Crippen LogP contribution in [0.2, 0.25) is 0 Å². The molecule has 3 aromatic carbocycles. The molecule has 0 aliphatic carbocycles. The van der Waals surface area contributed by atoms with E-state index in [9.17, 15) is 14.4 Å². The average molecular weight is 734 g/mol. The number of carbonyl (C=O) groups excluding carboxylic acids is 3. The molecule has 3 aromatic rings. The Labute approximate surface area is 312 Å². The molecule has 3 amide bonds. The summed E-state index contributed by atoms with van der Waals surface area (Å²) in [5.74, 6) is -0.856. The highest BCUT2D eigenvalue weighted by Gasteiger charge is 2.53. The van der Waals surface area contributed by atoms with Gasteiger partial charge in [0.05, 0.1) is 13.2 Å². The van der Waals surface area contributed by atoms with E-state index >= 15 is 0 Å². The summed E-state index contributed by atoms with van der Waals surface area (Å²) < 4.78 is 35.5. The summed E-state index contributed by atoms with van der Waals surface area (Å²) in [5, 5.41) is 3.43. The van der Waals surface area contributed by atoms with Gasteiger partial charge in [0, 0.05) is 39.8 Å². The van der Waals surface area contributed by atoms with E-state index in [2.05, 4.69) is 5.32 Å². The minimum absolute atomic E-state index is 0.0661. The van der Waals surface area contributed by atoms with Crippen LogP contribution in [-0.4, -0.2) is 123 Å². The number of benzene rings is 3. The van der Waals surface area contributed by atoms with Crippen LogP contribution in [0.1, 0.15) is 30.5 Å². The lowest BCUT2D eigenvalue weighted by Crippen LogP contribution is -2.69. The maximum absolute atomic E-state index is 14.6. The van der Waals surface area contributed by atoms with E-state index < -0.39 is 36.2 Å². The molecule has 0 radical (unpaired) electrons. The molecule has 2 fully saturated rings. The molecule has 0 saturated carbocycles. The Morgan fingerprint density at radius 1 is 0.736 bits per heavy atom. The van der Waals surface area contributed by atoms with Crippen LogP contribution in [0.25, 0.3) is 0 Å². The van der Waals surface area contributed by atoms with E-state index in [-0.39, 0.29) is 70.2 Å². The normalized spacial score (nSPS) is 21.5. The second-order valence-electron chi connectivity index (χ2n) is 13.7. The maximum Gasteiger partial charge on any atom is 0.516 e. The summed E-state index contributed by atoms with van der Waals surface area (Å²) in [6.45, 7) is 6.37. The second kappa shape index (κ2) is 19.5. The topological polar surface area (TPSA) is 125 Å². The van der Waals surface area contributed by atoms with Crippen LogP contribution in [-0.2, 0) is 48.2 Å². The van der Waals surface area contributed by atoms with Crippen molar-refractivity contribution in [2.24, 2.45) is 0 Å². The molecule has 1 N–H and O–H groups in total. The maximum atomic E-state index is 14.6. The first-order valence-corrected chi connectivity index (χ1v) is 18.2. The van der Waals surface area contributed by atoms with E-state index in [1.54, 1.807) is 16.9 Å². The van der Waals surface area contributed by atoms with E-state index in [0.717, 1.165) is 16.7 Å². The summed E-state index contributed by atoms with van der Waals surface area (Å²) in [7, 11) is 1.59. The number of hydrogen-bond acceptors (Lipinski definition) is 10. The van der Waals surface area contributed by atoms with Crippen molar-refractivity contribution < 1.29 is 47.3 Å². The van der Waals surface area contributed by atoms with Gasteiger partial charge in [0.1, 0.15) is 45.6 Å². The quantitative estimate of drug-likeness (QED) is 0.220. The fourth-order valence-electron chi connectivity index (χ4n) is 6.62. The Hall–Kier alpha value is -4.53. The van der Waals surface area contributed by atoms with Crippen molar-refractivity contribution in [2.45, 2.75) is 51.6 Å². The summed E-state index contributed by atoms with van der Waals surface area (Å²) in [6.07, 6.45) is -2.02. The first kappa shape index (κ1) is 39.7. The van der Waals surface area contributed by atoms with Crippen molar-refractivity contribution in [1.82, 2.24) is 15.1 Å². The van der Waals surface area contributed by atoms with Crippen molar-refractivity contribution >= 4 is 18.3 Å². The summed E-state index contributed by atoms with van der Waals surface area (Å²) in [6, 6.07) is 27.9. The lowest BCUT2D eigenvalue weighted by molar-refractivity contribution is -0.886. The van der Waals surface area contributed by atoms with Crippen molar-refractivity contribution in [3.8, 4) is 0 Å². The zero-order valence-corrected chi connectivity index (χ0v) is 31.0. The zero-order chi connectivity index (χ0) is 37.5. The van der Waals surface area contributed by atoms with Gasteiger partial charge in [-0.05, 0) is 30.5 Å². The van der Waals surface area contributed by atoms with Crippen LogP contribution in [0.4, 0.5) is 14.4 Å². The standard InChI is InChI=1S/C40H53N4O9/c1-40(2)52-31-36(53-40)35(30-48-3)44(39(47)51-29-34-17-11-6-12-18-34)25-20-41-19-21-42(37(45)49-27-32-13-7-4-8-14-32)22-23-43(24-26-44)38(46)50-28-33-15-9-5-10-16-33/h4-18,35-36,41H,19-31H2,1-3H3/q+1. The molecule has 2 aliphatic rings. The molecule has 3 unspecified atom stereocenters. The lowest BCUT2D eigenvalue weighted by Gasteiger charge is -2.43. The van der Waals surface area contributed by atoms with Crippen LogP contribution < -0.4 is 5.32 Å². The lowest BCUT2D eigenvalue weighted by atomic mass is 10.1. The van der Waals surface area contributed by atoms with Gasteiger partial charge in [0.15, 0.2) is 11.8 Å². The molecule has 286 valence electrons. The molecule has 13 heteroatoms. The predicted octanol–water partition coefficient (Wildman–Crippen LogP) is 5.19. The second-order valence-corrected chi connectivity index (χ2v) is 13.7. The molecule has 0 bridgehead atoms. The summed E-state index contributed by atoms with van der Waals surface area (Å²) in [5.41, 5.74) is 2.56. The number of methoxy groups -OCH3 is 1. The molecular weight excluding hydrogens is 680 g/mol. The molecule has 3 atom stereocenters. The van der Waals surface area contributed by atoms with Gasteiger partial charge < -0.3 is 43.5 Å². The fourth-order valence-corrected chi connectivity index (χ4v) is 6.62. The largest absolute Gasteiger partial charge is 0.516 e. The smallest absolute Gasteiger partial charge is 0.445 e. The van der Waals surface area contributed by atoms with Gasteiger partial charge in [0.2, 0.25) is 0 Å². The Kier molecular flexibility index (Phi) is 14.6. The van der Waals surface area contributed by atoms with E-state index in [0.29, 0.717) is 19.6 Å². The van der Waals surface area contributed by atoms with Gasteiger partial charge >= 0.3 is 18.3 Å². The van der Waals surface area contributed by atoms with Crippen molar-refractivity contribution in [2.75, 3.05) is 72.7 Å². The third-order valence-electron chi connectivity index (χ3n) is 9.58. The number of amides is 3. The van der Waals surface area contributed by atoms with E-state index in [1.807, 2.05) is 105 Å². The van der Waals surface area contributed by atoms with Crippen LogP contribution in [0, 0.1) is 0 Å². The van der Waals surface area contributed by atoms with Gasteiger partial charge in [-0.2, -0.15) is 4.79 Å². The number of ether oxygens (including phenoxy) is 6. The number of quaternary nitrogens is 1. The number of carbonyl (C=O) groups is 3. The molecule has 5 rings (SSSR count). The van der Waals surface area contributed by atoms with Crippen LogP contribution >= 0.6 is 0 Å². The third-order valence-corrected chi connectivity index (χ3v) is 9.58. The van der Waals surface area contributed by atoms with E-state index in [1.165, 1.54) is 0 Å². The summed E-state index contributed by atoms with van der Waals surface area (Å²) in [4.78, 5) is 45.0. The molecule has 2 saturated heterocycles. The first-order chi connectivity index (χ1) is 25.7. The van der Waals surface area contributed by atoms with Gasteiger partial charge in [-0.15, -0.1) is 0 Å². The van der Waals surface area contributed by atoms with Crippen LogP contribution in [0.5, 0.6) is 0 Å². The molecule has 0 aromatic heterocycles. The minimum atomic E-state index is -0.856. The Bertz CT molecular complexity index is 1580. The van der Waals surface area contributed by atoms with Crippen molar-refractivity contribution in [3.63, 3.8) is 0 Å². The molecule has 0 spiro atoms. The third kappa shape index (κ3) is 11.5. The Morgan fingerprint density at radius 3 is 1.74 bits per heavy atom. The Morgan fingerprint density at radius 2 is 1.25 bits per heavy atom. The van der Waals surface area contributed by atoms with Gasteiger partial charge in [-0.25, -0.2) is 14.1 Å². The van der Waals surface area contributed by atoms with E-state index in [4.69, 9.17) is 28.4 Å². The molecule has 13 nitrogen and oxygen atoms in total. The number of hydrogen-bond donors (Lipinski definition) is 1. The molecule has 2 heterocycles. The first-order valence-electron chi connectivity index (χ1n) is 18.2. The summed E-state index contributed by atoms with van der Waals surface area (Å²) >= 11 is 0. The van der Waals surface area contributed by atoms with Crippen molar-refractivity contribution in [1.29, 1.82) is 0 Å². The molecule has 2 aliphatic heterocycles. The van der Waals surface area contributed by atoms with Crippen LogP contribution in [0.15, 0.2) is 91.0 Å².